The molecule has 4 rings (SSSR count). The van der Waals surface area contributed by atoms with Crippen LogP contribution in [-0.2, 0) is 20.9 Å². The minimum atomic E-state index is -0.515. The number of nitrogens with one attached hydrogen (secondary N) is 1. The van der Waals surface area contributed by atoms with Crippen molar-refractivity contribution in [3.05, 3.63) is 41.6 Å². The van der Waals surface area contributed by atoms with Gasteiger partial charge in [-0.3, -0.25) is 24.6 Å². The second kappa shape index (κ2) is 8.02. The number of para-hydroxylation sites is 1. The van der Waals surface area contributed by atoms with Crippen LogP contribution >= 0.6 is 12.2 Å². The molecule has 2 fully saturated rings. The van der Waals surface area contributed by atoms with E-state index in [0.717, 1.165) is 36.8 Å². The Bertz CT molecular complexity index is 1080. The number of thiocarbonyl (C=S) groups is 1. The summed E-state index contributed by atoms with van der Waals surface area (Å²) in [4.78, 5) is 40.9. The van der Waals surface area contributed by atoms with Crippen molar-refractivity contribution < 1.29 is 14.4 Å². The van der Waals surface area contributed by atoms with Gasteiger partial charge in [-0.2, -0.15) is 0 Å². The quantitative estimate of drug-likeness (QED) is 0.466. The molecule has 2 aromatic rings. The fraction of sp³-hybridized carbons (Fsp3) is 0.364. The van der Waals surface area contributed by atoms with Gasteiger partial charge in [0.15, 0.2) is 5.11 Å². The number of aromatic nitrogens is 1. The lowest BCUT2D eigenvalue weighted by Crippen LogP contribution is -2.52. The Balaban J connectivity index is 1.66. The third kappa shape index (κ3) is 3.75. The van der Waals surface area contributed by atoms with Gasteiger partial charge in [-0.15, -0.1) is 0 Å². The minimum Gasteiger partial charge on any atom is -0.341 e. The molecule has 0 spiro atoms. The van der Waals surface area contributed by atoms with Crippen molar-refractivity contribution in [2.75, 3.05) is 20.1 Å². The molecule has 0 saturated carbocycles. The molecule has 8 heteroatoms. The molecule has 7 nitrogen and oxygen atoms in total. The first-order valence-corrected chi connectivity index (χ1v) is 10.5. The highest BCUT2D eigenvalue weighted by molar-refractivity contribution is 7.80. The molecule has 0 atom stereocenters. The van der Waals surface area contributed by atoms with E-state index in [1.165, 1.54) is 11.9 Å². The first-order valence-electron chi connectivity index (χ1n) is 10.1. The molecular formula is C22H24N4O3S. The monoisotopic (exact) mass is 424 g/mol. The SMILES string of the molecule is CC1CCN(C(=O)Cn2cc(/C=C3/C(=O)NC(=S)N(C)C3=O)c3ccccc32)CC1. The van der Waals surface area contributed by atoms with Crippen molar-refractivity contribution in [3.8, 4) is 0 Å². The lowest BCUT2D eigenvalue weighted by atomic mass is 9.99. The van der Waals surface area contributed by atoms with E-state index in [9.17, 15) is 14.4 Å². The highest BCUT2D eigenvalue weighted by atomic mass is 32.1. The van der Waals surface area contributed by atoms with E-state index in [0.29, 0.717) is 11.5 Å². The number of amides is 3. The number of carbonyl (C=O) groups is 3. The number of likely N-dealkylation sites (N-methyl/N-ethyl adjacent to an activating group) is 1. The summed E-state index contributed by atoms with van der Waals surface area (Å²) in [6.07, 6.45) is 5.46. The number of nitrogens with zero attached hydrogens (tertiary/aromatic N) is 3. The molecule has 0 bridgehead atoms. The molecule has 1 N–H and O–H groups in total. The van der Waals surface area contributed by atoms with Crippen molar-refractivity contribution in [3.63, 3.8) is 0 Å². The van der Waals surface area contributed by atoms with E-state index in [1.807, 2.05) is 39.9 Å². The predicted octanol–water partition coefficient (Wildman–Crippen LogP) is 2.16. The summed E-state index contributed by atoms with van der Waals surface area (Å²) >= 11 is 5.00. The molecule has 0 radical (unpaired) electrons. The molecular weight excluding hydrogens is 400 g/mol. The van der Waals surface area contributed by atoms with E-state index in [4.69, 9.17) is 12.2 Å². The first-order chi connectivity index (χ1) is 14.3. The summed E-state index contributed by atoms with van der Waals surface area (Å²) in [7, 11) is 1.53. The number of piperidine rings is 1. The highest BCUT2D eigenvalue weighted by Gasteiger charge is 2.31. The second-order valence-corrected chi connectivity index (χ2v) is 8.36. The topological polar surface area (TPSA) is 74.7 Å². The standard InChI is InChI=1S/C22H24N4O3S/c1-14-7-9-25(10-8-14)19(27)13-26-12-15(16-5-3-4-6-18(16)26)11-17-20(28)23-22(30)24(2)21(17)29/h3-6,11-12,14H,7-10,13H2,1-2H3,(H,23,28,30)/b17-11-. The van der Waals surface area contributed by atoms with Crippen LogP contribution in [0, 0.1) is 5.92 Å². The van der Waals surface area contributed by atoms with Crippen LogP contribution in [0.3, 0.4) is 0 Å². The Labute approximate surface area is 180 Å². The average Bonchev–Trinajstić information content (AvgIpc) is 3.07. The van der Waals surface area contributed by atoms with Crippen LogP contribution in [0.15, 0.2) is 36.0 Å². The summed E-state index contributed by atoms with van der Waals surface area (Å²) in [6.45, 7) is 4.02. The molecule has 1 aromatic heterocycles. The number of fused-ring (bicyclic) bond motifs is 1. The zero-order valence-corrected chi connectivity index (χ0v) is 17.9. The van der Waals surface area contributed by atoms with Crippen molar-refractivity contribution in [2.24, 2.45) is 5.92 Å². The fourth-order valence-electron chi connectivity index (χ4n) is 3.93. The van der Waals surface area contributed by atoms with E-state index < -0.39 is 11.8 Å². The van der Waals surface area contributed by atoms with E-state index in [1.54, 1.807) is 6.08 Å². The molecule has 0 unspecified atom stereocenters. The first kappa shape index (κ1) is 20.3. The van der Waals surface area contributed by atoms with Crippen LogP contribution in [0.5, 0.6) is 0 Å². The van der Waals surface area contributed by atoms with Crippen LogP contribution in [0.4, 0.5) is 0 Å². The molecule has 0 aliphatic carbocycles. The van der Waals surface area contributed by atoms with Crippen LogP contribution in [0.1, 0.15) is 25.3 Å². The normalized spacial score (nSPS) is 19.7. The highest BCUT2D eigenvalue weighted by Crippen LogP contribution is 2.25. The van der Waals surface area contributed by atoms with Gasteiger partial charge in [0.25, 0.3) is 11.8 Å². The summed E-state index contributed by atoms with van der Waals surface area (Å²) in [5.41, 5.74) is 1.62. The molecule has 3 heterocycles. The van der Waals surface area contributed by atoms with Gasteiger partial charge in [0, 0.05) is 42.8 Å². The van der Waals surface area contributed by atoms with Gasteiger partial charge in [0.1, 0.15) is 12.1 Å². The molecule has 156 valence electrons. The number of benzene rings is 1. The summed E-state index contributed by atoms with van der Waals surface area (Å²) in [5.74, 6) is -0.221. The van der Waals surface area contributed by atoms with Crippen molar-refractivity contribution >= 4 is 52.0 Å². The maximum atomic E-state index is 12.9. The zero-order valence-electron chi connectivity index (χ0n) is 17.1. The predicted molar refractivity (Wildman–Crippen MR) is 118 cm³/mol. The van der Waals surface area contributed by atoms with Gasteiger partial charge < -0.3 is 9.47 Å². The lowest BCUT2D eigenvalue weighted by molar-refractivity contribution is -0.133. The number of carbonyl (C=O) groups excluding carboxylic acids is 3. The third-order valence-electron chi connectivity index (χ3n) is 5.87. The van der Waals surface area contributed by atoms with Gasteiger partial charge in [-0.05, 0) is 43.1 Å². The maximum Gasteiger partial charge on any atom is 0.265 e. The number of hydrogen-bond acceptors (Lipinski definition) is 4. The Kier molecular flexibility index (Phi) is 5.42. The summed E-state index contributed by atoms with van der Waals surface area (Å²) in [5, 5.41) is 3.49. The van der Waals surface area contributed by atoms with Gasteiger partial charge in [0.05, 0.1) is 0 Å². The molecule has 2 saturated heterocycles. The largest absolute Gasteiger partial charge is 0.341 e. The van der Waals surface area contributed by atoms with Crippen LogP contribution in [0.25, 0.3) is 17.0 Å². The Morgan fingerprint density at radius 1 is 1.23 bits per heavy atom. The van der Waals surface area contributed by atoms with E-state index in [-0.39, 0.29) is 23.1 Å². The summed E-state index contributed by atoms with van der Waals surface area (Å²) < 4.78 is 1.89. The Morgan fingerprint density at radius 2 is 1.93 bits per heavy atom. The number of likely N-dealkylation sites (tertiary alicyclic amines) is 1. The minimum absolute atomic E-state index is 0.0188. The molecule has 1 aromatic carbocycles. The van der Waals surface area contributed by atoms with Gasteiger partial charge in [-0.25, -0.2) is 0 Å². The van der Waals surface area contributed by atoms with E-state index >= 15 is 0 Å². The number of hydrogen-bond donors (Lipinski definition) is 1. The Morgan fingerprint density at radius 3 is 2.67 bits per heavy atom. The maximum absolute atomic E-state index is 12.9. The molecule has 2 aliphatic heterocycles. The average molecular weight is 425 g/mol. The smallest absolute Gasteiger partial charge is 0.265 e. The third-order valence-corrected chi connectivity index (χ3v) is 6.24. The van der Waals surface area contributed by atoms with Crippen LogP contribution in [0.2, 0.25) is 0 Å². The van der Waals surface area contributed by atoms with Gasteiger partial charge in [0.2, 0.25) is 5.91 Å². The van der Waals surface area contributed by atoms with Gasteiger partial charge in [-0.1, -0.05) is 25.1 Å². The Hall–Kier alpha value is -3.00. The molecule has 3 amide bonds. The molecule has 2 aliphatic rings. The number of rotatable bonds is 3. The lowest BCUT2D eigenvalue weighted by Gasteiger charge is -2.30. The summed E-state index contributed by atoms with van der Waals surface area (Å²) in [6, 6.07) is 7.66. The van der Waals surface area contributed by atoms with Crippen molar-refractivity contribution in [1.82, 2.24) is 19.7 Å². The second-order valence-electron chi connectivity index (χ2n) is 7.97. The van der Waals surface area contributed by atoms with E-state index in [2.05, 4.69) is 12.2 Å². The fourth-order valence-corrected chi connectivity index (χ4v) is 4.10. The van der Waals surface area contributed by atoms with Crippen molar-refractivity contribution in [2.45, 2.75) is 26.3 Å². The van der Waals surface area contributed by atoms with Crippen LogP contribution in [-0.4, -0.2) is 57.3 Å². The zero-order chi connectivity index (χ0) is 21.4. The van der Waals surface area contributed by atoms with Crippen molar-refractivity contribution in [1.29, 1.82) is 0 Å². The van der Waals surface area contributed by atoms with Crippen LogP contribution < -0.4 is 5.32 Å². The molecule has 30 heavy (non-hydrogen) atoms. The van der Waals surface area contributed by atoms with Gasteiger partial charge >= 0.3 is 0 Å².